The fraction of sp³-hybridized carbons (Fsp3) is 0.935. The molecule has 0 aromatic rings. The number of hydrogen-bond acceptors (Lipinski definition) is 1. The van der Waals surface area contributed by atoms with Crippen LogP contribution in [0.25, 0.3) is 0 Å². The van der Waals surface area contributed by atoms with Crippen LogP contribution in [0.5, 0.6) is 0 Å². The molecule has 5 aliphatic carbocycles. The average molecular weight is 441 g/mol. The highest BCUT2D eigenvalue weighted by Gasteiger charge is 2.68. The molecule has 0 aromatic heterocycles. The fourth-order valence-electron chi connectivity index (χ4n) is 10.9. The molecule has 0 heterocycles. The molecule has 1 heteroatoms. The molecule has 9 unspecified atom stereocenters. The second kappa shape index (κ2) is 6.67. The van der Waals surface area contributed by atoms with Crippen molar-refractivity contribution in [3.8, 4) is 0 Å². The van der Waals surface area contributed by atoms with Gasteiger partial charge in [0.25, 0.3) is 0 Å². The molecule has 182 valence electrons. The van der Waals surface area contributed by atoms with E-state index in [0.717, 1.165) is 24.2 Å². The van der Waals surface area contributed by atoms with Crippen molar-refractivity contribution in [2.75, 3.05) is 0 Å². The van der Waals surface area contributed by atoms with Gasteiger partial charge >= 0.3 is 0 Å². The van der Waals surface area contributed by atoms with Crippen LogP contribution >= 0.6 is 0 Å². The molecule has 0 aliphatic heterocycles. The van der Waals surface area contributed by atoms with E-state index >= 15 is 0 Å². The van der Waals surface area contributed by atoms with E-state index in [4.69, 9.17) is 0 Å². The largest absolute Gasteiger partial charge is 0.393 e. The quantitative estimate of drug-likeness (QED) is 0.375. The Morgan fingerprint density at radius 1 is 0.781 bits per heavy atom. The molecule has 5 rings (SSSR count). The standard InChI is InChI=1S/C31H52O/c1-20-12-14-29(7)23(27(20,4)5)13-15-31(9)24(29)11-10-21-22-18-26(2,3)19-25(32)28(22,6)16-17-30(21,31)8/h10,20,22-25,32H,11-19H2,1-9H3. The Morgan fingerprint density at radius 3 is 2.16 bits per heavy atom. The van der Waals surface area contributed by atoms with E-state index in [0.29, 0.717) is 27.6 Å². The van der Waals surface area contributed by atoms with Crippen molar-refractivity contribution in [2.24, 2.45) is 56.2 Å². The first-order chi connectivity index (χ1) is 14.6. The predicted octanol–water partition coefficient (Wildman–Crippen LogP) is 8.41. The second-order valence-electron chi connectivity index (χ2n) is 15.7. The van der Waals surface area contributed by atoms with Crippen LogP contribution in [0, 0.1) is 56.2 Å². The molecule has 0 saturated heterocycles. The Balaban J connectivity index is 1.58. The summed E-state index contributed by atoms with van der Waals surface area (Å²) in [4.78, 5) is 0. The van der Waals surface area contributed by atoms with Gasteiger partial charge in [-0.05, 0) is 109 Å². The minimum atomic E-state index is -0.152. The van der Waals surface area contributed by atoms with E-state index in [-0.39, 0.29) is 16.9 Å². The summed E-state index contributed by atoms with van der Waals surface area (Å²) in [5.41, 5.74) is 3.71. The van der Waals surface area contributed by atoms with Gasteiger partial charge in [-0.1, -0.05) is 74.0 Å². The number of fused-ring (bicyclic) bond motifs is 7. The van der Waals surface area contributed by atoms with Gasteiger partial charge < -0.3 is 5.11 Å². The molecule has 0 radical (unpaired) electrons. The predicted molar refractivity (Wildman–Crippen MR) is 135 cm³/mol. The van der Waals surface area contributed by atoms with E-state index < -0.39 is 0 Å². The number of aliphatic hydroxyl groups excluding tert-OH is 1. The molecular formula is C31H52O. The van der Waals surface area contributed by atoms with Crippen LogP contribution in [0.1, 0.15) is 120 Å². The number of rotatable bonds is 0. The van der Waals surface area contributed by atoms with Gasteiger partial charge in [-0.15, -0.1) is 0 Å². The van der Waals surface area contributed by atoms with Crippen molar-refractivity contribution in [1.29, 1.82) is 0 Å². The maximum atomic E-state index is 11.3. The fourth-order valence-corrected chi connectivity index (χ4v) is 10.9. The molecule has 32 heavy (non-hydrogen) atoms. The molecule has 0 aromatic carbocycles. The molecule has 9 atom stereocenters. The Bertz CT molecular complexity index is 820. The number of allylic oxidation sites excluding steroid dienone is 2. The maximum Gasteiger partial charge on any atom is 0.0604 e. The van der Waals surface area contributed by atoms with E-state index in [1.54, 1.807) is 5.57 Å². The summed E-state index contributed by atoms with van der Waals surface area (Å²) in [6.45, 7) is 23.0. The first kappa shape index (κ1) is 23.4. The highest BCUT2D eigenvalue weighted by Crippen LogP contribution is 2.76. The summed E-state index contributed by atoms with van der Waals surface area (Å²) >= 11 is 0. The monoisotopic (exact) mass is 440 g/mol. The summed E-state index contributed by atoms with van der Waals surface area (Å²) in [6.07, 6.45) is 14.2. The first-order valence-electron chi connectivity index (χ1n) is 14.0. The van der Waals surface area contributed by atoms with Crippen molar-refractivity contribution >= 4 is 0 Å². The summed E-state index contributed by atoms with van der Waals surface area (Å²) in [5.74, 6) is 3.07. The zero-order chi connectivity index (χ0) is 23.5. The van der Waals surface area contributed by atoms with Crippen LogP contribution in [0.3, 0.4) is 0 Å². The molecule has 4 fully saturated rings. The lowest BCUT2D eigenvalue weighted by atomic mass is 9.33. The van der Waals surface area contributed by atoms with E-state index in [1.165, 1.54) is 51.4 Å². The van der Waals surface area contributed by atoms with Crippen LogP contribution in [0.15, 0.2) is 11.6 Å². The second-order valence-corrected chi connectivity index (χ2v) is 15.7. The Kier molecular flexibility index (Phi) is 4.89. The van der Waals surface area contributed by atoms with Gasteiger partial charge in [0.05, 0.1) is 6.10 Å². The number of aliphatic hydroxyl groups is 1. The number of hydrogen-bond donors (Lipinski definition) is 1. The third kappa shape index (κ3) is 2.73. The van der Waals surface area contributed by atoms with Gasteiger partial charge in [0.1, 0.15) is 0 Å². The summed E-state index contributed by atoms with van der Waals surface area (Å²) in [6, 6.07) is 0. The van der Waals surface area contributed by atoms with E-state index in [1.807, 2.05) is 0 Å². The van der Waals surface area contributed by atoms with Crippen LogP contribution in [-0.2, 0) is 0 Å². The molecule has 0 amide bonds. The van der Waals surface area contributed by atoms with Gasteiger partial charge in [-0.3, -0.25) is 0 Å². The summed E-state index contributed by atoms with van der Waals surface area (Å²) < 4.78 is 0. The zero-order valence-corrected chi connectivity index (χ0v) is 22.8. The molecule has 0 spiro atoms. The van der Waals surface area contributed by atoms with Crippen LogP contribution < -0.4 is 0 Å². The lowest BCUT2D eigenvalue weighted by Crippen LogP contribution is -2.64. The smallest absolute Gasteiger partial charge is 0.0604 e. The zero-order valence-electron chi connectivity index (χ0n) is 22.8. The third-order valence-corrected chi connectivity index (χ3v) is 13.7. The molecule has 1 N–H and O–H groups in total. The average Bonchev–Trinajstić information content (AvgIpc) is 2.67. The van der Waals surface area contributed by atoms with Crippen LogP contribution in [0.4, 0.5) is 0 Å². The molecular weight excluding hydrogens is 388 g/mol. The van der Waals surface area contributed by atoms with Gasteiger partial charge in [-0.2, -0.15) is 0 Å². The van der Waals surface area contributed by atoms with Crippen molar-refractivity contribution in [2.45, 2.75) is 126 Å². The van der Waals surface area contributed by atoms with Crippen molar-refractivity contribution < 1.29 is 5.11 Å². The van der Waals surface area contributed by atoms with Crippen molar-refractivity contribution in [1.82, 2.24) is 0 Å². The molecule has 0 bridgehead atoms. The van der Waals surface area contributed by atoms with E-state index in [2.05, 4.69) is 68.4 Å². The lowest BCUT2D eigenvalue weighted by molar-refractivity contribution is -0.196. The SMILES string of the molecule is CC1CCC2(C)C(CCC3(C)C2CC=C2C4CC(C)(C)CC(O)C4(C)CCC23C)C1(C)C. The summed E-state index contributed by atoms with van der Waals surface area (Å²) in [7, 11) is 0. The molecule has 1 nitrogen and oxygen atoms in total. The first-order valence-corrected chi connectivity index (χ1v) is 14.0. The highest BCUT2D eigenvalue weighted by atomic mass is 16.3. The minimum absolute atomic E-state index is 0.0768. The lowest BCUT2D eigenvalue weighted by Gasteiger charge is -2.71. The van der Waals surface area contributed by atoms with Gasteiger partial charge in [0.15, 0.2) is 0 Å². The topological polar surface area (TPSA) is 20.2 Å². The molecule has 5 aliphatic rings. The summed E-state index contributed by atoms with van der Waals surface area (Å²) in [5, 5.41) is 11.3. The Morgan fingerprint density at radius 2 is 1.47 bits per heavy atom. The van der Waals surface area contributed by atoms with Crippen molar-refractivity contribution in [3.05, 3.63) is 11.6 Å². The minimum Gasteiger partial charge on any atom is -0.393 e. The third-order valence-electron chi connectivity index (χ3n) is 13.7. The Hall–Kier alpha value is -0.300. The van der Waals surface area contributed by atoms with Crippen LogP contribution in [0.2, 0.25) is 0 Å². The van der Waals surface area contributed by atoms with Crippen LogP contribution in [-0.4, -0.2) is 11.2 Å². The van der Waals surface area contributed by atoms with Crippen molar-refractivity contribution in [3.63, 3.8) is 0 Å². The van der Waals surface area contributed by atoms with Gasteiger partial charge in [0, 0.05) is 5.41 Å². The molecule has 4 saturated carbocycles. The van der Waals surface area contributed by atoms with E-state index in [9.17, 15) is 5.11 Å². The normalized spacial score (nSPS) is 56.2. The van der Waals surface area contributed by atoms with Gasteiger partial charge in [-0.25, -0.2) is 0 Å². The highest BCUT2D eigenvalue weighted by molar-refractivity contribution is 5.34. The Labute approximate surface area is 199 Å². The maximum absolute atomic E-state index is 11.3. The van der Waals surface area contributed by atoms with Gasteiger partial charge in [0.2, 0.25) is 0 Å².